The number of carbonyl (C=O) groups is 1. The number of aromatic amines is 1. The van der Waals surface area contributed by atoms with Crippen LogP contribution in [0.15, 0.2) is 23.0 Å². The summed E-state index contributed by atoms with van der Waals surface area (Å²) in [5, 5.41) is 2.76. The van der Waals surface area contributed by atoms with Crippen molar-refractivity contribution < 1.29 is 14.3 Å². The minimum Gasteiger partial charge on any atom is -0.493 e. The van der Waals surface area contributed by atoms with Gasteiger partial charge in [0.2, 0.25) is 11.9 Å². The molecule has 1 amide bonds. The van der Waals surface area contributed by atoms with Gasteiger partial charge in [0, 0.05) is 31.0 Å². The fourth-order valence-corrected chi connectivity index (χ4v) is 3.89. The number of rotatable bonds is 4. The van der Waals surface area contributed by atoms with E-state index in [-0.39, 0.29) is 17.9 Å². The monoisotopic (exact) mass is 370 g/mol. The van der Waals surface area contributed by atoms with Gasteiger partial charge >= 0.3 is 0 Å². The average molecular weight is 370 g/mol. The van der Waals surface area contributed by atoms with E-state index in [0.717, 1.165) is 31.5 Å². The third-order valence-electron chi connectivity index (χ3n) is 5.15. The van der Waals surface area contributed by atoms with Gasteiger partial charge in [0.25, 0.3) is 5.56 Å². The average Bonchev–Trinajstić information content (AvgIpc) is 3.21. The second-order valence-corrected chi connectivity index (χ2v) is 6.73. The van der Waals surface area contributed by atoms with Crippen molar-refractivity contribution in [3.63, 3.8) is 0 Å². The number of ether oxygens (including phenoxy) is 2. The number of fused-ring (bicyclic) bond motifs is 1. The molecule has 0 spiro atoms. The number of anilines is 2. The van der Waals surface area contributed by atoms with Crippen LogP contribution < -0.4 is 25.2 Å². The van der Waals surface area contributed by atoms with Gasteiger partial charge < -0.3 is 19.7 Å². The molecule has 27 heavy (non-hydrogen) atoms. The molecule has 8 heteroatoms. The first-order chi connectivity index (χ1) is 13.1. The molecule has 1 aromatic carbocycles. The molecule has 1 atom stereocenters. The summed E-state index contributed by atoms with van der Waals surface area (Å²) in [4.78, 5) is 34.8. The minimum absolute atomic E-state index is 0.143. The van der Waals surface area contributed by atoms with Crippen molar-refractivity contribution in [1.29, 1.82) is 0 Å². The molecule has 2 N–H and O–H groups in total. The SMILES string of the molecule is COc1cccc(C2CC(=O)Nc3nc(N4CCCC4)[nH]c(=O)c32)c1OC. The first-order valence-electron chi connectivity index (χ1n) is 9.02. The highest BCUT2D eigenvalue weighted by atomic mass is 16.5. The Balaban J connectivity index is 1.84. The van der Waals surface area contributed by atoms with E-state index in [4.69, 9.17) is 9.47 Å². The molecule has 0 bridgehead atoms. The molecule has 0 radical (unpaired) electrons. The van der Waals surface area contributed by atoms with Crippen LogP contribution in [0.4, 0.5) is 11.8 Å². The van der Waals surface area contributed by atoms with Crippen LogP contribution in [0, 0.1) is 0 Å². The van der Waals surface area contributed by atoms with Gasteiger partial charge in [-0.1, -0.05) is 12.1 Å². The zero-order valence-corrected chi connectivity index (χ0v) is 15.4. The zero-order chi connectivity index (χ0) is 19.0. The van der Waals surface area contributed by atoms with E-state index in [0.29, 0.717) is 28.8 Å². The van der Waals surface area contributed by atoms with Gasteiger partial charge in [-0.3, -0.25) is 14.6 Å². The van der Waals surface area contributed by atoms with E-state index in [1.807, 2.05) is 17.0 Å². The summed E-state index contributed by atoms with van der Waals surface area (Å²) in [6.07, 6.45) is 2.28. The number of H-pyrrole nitrogens is 1. The number of aromatic nitrogens is 2. The molecule has 2 aliphatic rings. The van der Waals surface area contributed by atoms with Gasteiger partial charge in [0.1, 0.15) is 5.82 Å². The Bertz CT molecular complexity index is 934. The van der Waals surface area contributed by atoms with E-state index >= 15 is 0 Å². The van der Waals surface area contributed by atoms with Gasteiger partial charge in [-0.05, 0) is 18.9 Å². The lowest BCUT2D eigenvalue weighted by molar-refractivity contribution is -0.116. The minimum atomic E-state index is -0.456. The second kappa shape index (κ2) is 6.94. The molecule has 142 valence electrons. The third-order valence-corrected chi connectivity index (χ3v) is 5.15. The molecule has 2 aromatic rings. The molecule has 2 aliphatic heterocycles. The van der Waals surface area contributed by atoms with E-state index < -0.39 is 5.92 Å². The Morgan fingerprint density at radius 3 is 2.63 bits per heavy atom. The fraction of sp³-hybridized carbons (Fsp3) is 0.421. The Kier molecular flexibility index (Phi) is 4.47. The highest BCUT2D eigenvalue weighted by Crippen LogP contribution is 2.42. The summed E-state index contributed by atoms with van der Waals surface area (Å²) in [6.45, 7) is 1.70. The highest BCUT2D eigenvalue weighted by molar-refractivity contribution is 5.94. The van der Waals surface area contributed by atoms with Crippen LogP contribution in [0.2, 0.25) is 0 Å². The lowest BCUT2D eigenvalue weighted by atomic mass is 9.86. The molecule has 0 saturated carbocycles. The number of hydrogen-bond donors (Lipinski definition) is 2. The van der Waals surface area contributed by atoms with Crippen molar-refractivity contribution in [2.24, 2.45) is 0 Å². The number of hydrogen-bond acceptors (Lipinski definition) is 6. The summed E-state index contributed by atoms with van der Waals surface area (Å²) in [5.74, 6) is 1.28. The predicted molar refractivity (Wildman–Crippen MR) is 101 cm³/mol. The van der Waals surface area contributed by atoms with Crippen molar-refractivity contribution in [3.8, 4) is 11.5 Å². The normalized spacial score (nSPS) is 18.8. The fourth-order valence-electron chi connectivity index (χ4n) is 3.89. The predicted octanol–water partition coefficient (Wildman–Crippen LogP) is 1.86. The smallest absolute Gasteiger partial charge is 0.258 e. The topological polar surface area (TPSA) is 96.5 Å². The summed E-state index contributed by atoms with van der Waals surface area (Å²) >= 11 is 0. The lowest BCUT2D eigenvalue weighted by Crippen LogP contribution is -2.33. The Labute approximate surface area is 156 Å². The van der Waals surface area contributed by atoms with Crippen LogP contribution in [0.25, 0.3) is 0 Å². The zero-order valence-electron chi connectivity index (χ0n) is 15.4. The highest BCUT2D eigenvalue weighted by Gasteiger charge is 2.34. The number of benzene rings is 1. The van der Waals surface area contributed by atoms with Crippen molar-refractivity contribution in [1.82, 2.24) is 9.97 Å². The molecule has 3 heterocycles. The van der Waals surface area contributed by atoms with Crippen LogP contribution in [0.3, 0.4) is 0 Å². The Morgan fingerprint density at radius 2 is 1.93 bits per heavy atom. The van der Waals surface area contributed by atoms with E-state index in [1.54, 1.807) is 20.3 Å². The first kappa shape index (κ1) is 17.4. The number of nitrogens with one attached hydrogen (secondary N) is 2. The standard InChI is InChI=1S/C19H22N4O4/c1-26-13-7-5-6-11(16(13)27-2)12-10-14(24)20-17-15(12)18(25)22-19(21-17)23-8-3-4-9-23/h5-7,12H,3-4,8-10H2,1-2H3,(H2,20,21,22,24,25). The summed E-state index contributed by atoms with van der Waals surface area (Å²) in [7, 11) is 3.10. The van der Waals surface area contributed by atoms with E-state index in [1.165, 1.54) is 0 Å². The number of para-hydroxylation sites is 1. The van der Waals surface area contributed by atoms with Crippen molar-refractivity contribution >= 4 is 17.7 Å². The molecular weight excluding hydrogens is 348 g/mol. The van der Waals surface area contributed by atoms with E-state index in [2.05, 4.69) is 15.3 Å². The molecule has 1 saturated heterocycles. The Morgan fingerprint density at radius 1 is 1.15 bits per heavy atom. The van der Waals surface area contributed by atoms with Crippen molar-refractivity contribution in [2.45, 2.75) is 25.2 Å². The first-order valence-corrected chi connectivity index (χ1v) is 9.02. The number of amides is 1. The van der Waals surface area contributed by atoms with Crippen molar-refractivity contribution in [3.05, 3.63) is 39.7 Å². The Hall–Kier alpha value is -3.03. The molecular formula is C19H22N4O4. The van der Waals surface area contributed by atoms with Gasteiger partial charge in [0.15, 0.2) is 11.5 Å². The number of nitrogens with zero attached hydrogens (tertiary/aromatic N) is 2. The molecule has 0 aliphatic carbocycles. The van der Waals surface area contributed by atoms with E-state index in [9.17, 15) is 9.59 Å². The quantitative estimate of drug-likeness (QED) is 0.853. The second-order valence-electron chi connectivity index (χ2n) is 6.73. The largest absolute Gasteiger partial charge is 0.493 e. The summed E-state index contributed by atoms with van der Waals surface area (Å²) < 4.78 is 10.9. The molecule has 1 aromatic heterocycles. The molecule has 8 nitrogen and oxygen atoms in total. The van der Waals surface area contributed by atoms with Gasteiger partial charge in [-0.15, -0.1) is 0 Å². The van der Waals surface area contributed by atoms with Crippen LogP contribution in [-0.2, 0) is 4.79 Å². The summed E-state index contributed by atoms with van der Waals surface area (Å²) in [5.41, 5.74) is 0.940. The van der Waals surface area contributed by atoms with Gasteiger partial charge in [-0.25, -0.2) is 0 Å². The van der Waals surface area contributed by atoms with Crippen LogP contribution >= 0.6 is 0 Å². The van der Waals surface area contributed by atoms with Crippen LogP contribution in [0.1, 0.15) is 36.3 Å². The van der Waals surface area contributed by atoms with Gasteiger partial charge in [0.05, 0.1) is 19.8 Å². The number of carbonyl (C=O) groups excluding carboxylic acids is 1. The van der Waals surface area contributed by atoms with Crippen LogP contribution in [0.5, 0.6) is 11.5 Å². The van der Waals surface area contributed by atoms with Gasteiger partial charge in [-0.2, -0.15) is 4.98 Å². The van der Waals surface area contributed by atoms with Crippen LogP contribution in [-0.4, -0.2) is 43.2 Å². The molecule has 1 fully saturated rings. The molecule has 4 rings (SSSR count). The summed E-state index contributed by atoms with van der Waals surface area (Å²) in [6, 6.07) is 5.45. The maximum Gasteiger partial charge on any atom is 0.258 e. The lowest BCUT2D eigenvalue weighted by Gasteiger charge is -2.27. The maximum absolute atomic E-state index is 12.9. The number of methoxy groups -OCH3 is 2. The van der Waals surface area contributed by atoms with Crippen molar-refractivity contribution in [2.75, 3.05) is 37.5 Å². The maximum atomic E-state index is 12.9. The molecule has 1 unspecified atom stereocenters. The third kappa shape index (κ3) is 3.01.